The second kappa shape index (κ2) is 5.72. The third-order valence-electron chi connectivity index (χ3n) is 2.87. The molecule has 21 heavy (non-hydrogen) atoms. The van der Waals surface area contributed by atoms with Crippen LogP contribution in [0.25, 0.3) is 10.6 Å². The number of hydrogen-bond donors (Lipinski definition) is 2. The number of amides is 1. The Morgan fingerprint density at radius 2 is 1.71 bits per heavy atom. The molecular formula is C15H12N4OS. The van der Waals surface area contributed by atoms with Crippen molar-refractivity contribution in [2.24, 2.45) is 0 Å². The van der Waals surface area contributed by atoms with Crippen LogP contribution in [0, 0.1) is 0 Å². The summed E-state index contributed by atoms with van der Waals surface area (Å²) in [5.41, 5.74) is 7.93. The lowest BCUT2D eigenvalue weighted by molar-refractivity contribution is 0.102. The largest absolute Gasteiger partial charge is 0.398 e. The fraction of sp³-hybridized carbons (Fsp3) is 0. The predicted octanol–water partition coefficient (Wildman–Crippen LogP) is 3.04. The molecule has 3 aromatic rings. The lowest BCUT2D eigenvalue weighted by Crippen LogP contribution is -2.11. The number of nitrogens with two attached hydrogens (primary N) is 1. The van der Waals surface area contributed by atoms with Gasteiger partial charge in [-0.15, -0.1) is 10.2 Å². The van der Waals surface area contributed by atoms with Crippen LogP contribution in [0.4, 0.5) is 10.8 Å². The normalized spacial score (nSPS) is 10.3. The Morgan fingerprint density at radius 3 is 2.48 bits per heavy atom. The van der Waals surface area contributed by atoms with E-state index in [0.717, 1.165) is 5.56 Å². The van der Waals surface area contributed by atoms with Gasteiger partial charge in [0.1, 0.15) is 0 Å². The van der Waals surface area contributed by atoms with Gasteiger partial charge in [0.2, 0.25) is 5.13 Å². The van der Waals surface area contributed by atoms with Gasteiger partial charge in [-0.3, -0.25) is 10.1 Å². The standard InChI is InChI=1S/C15H12N4OS/c16-12-9-5-4-8-11(12)14-18-19-15(21-14)17-13(20)10-6-2-1-3-7-10/h1-9H,16H2,(H,17,19,20). The summed E-state index contributed by atoms with van der Waals surface area (Å²) < 4.78 is 0. The smallest absolute Gasteiger partial charge is 0.257 e. The number of para-hydroxylation sites is 1. The van der Waals surface area contributed by atoms with E-state index < -0.39 is 0 Å². The number of anilines is 2. The lowest BCUT2D eigenvalue weighted by Gasteiger charge is -2.00. The highest BCUT2D eigenvalue weighted by molar-refractivity contribution is 7.18. The summed E-state index contributed by atoms with van der Waals surface area (Å²) in [6.07, 6.45) is 0. The number of hydrogen-bond acceptors (Lipinski definition) is 5. The van der Waals surface area contributed by atoms with Crippen molar-refractivity contribution in [1.29, 1.82) is 0 Å². The molecule has 0 aliphatic carbocycles. The molecular weight excluding hydrogens is 284 g/mol. The van der Waals surface area contributed by atoms with Gasteiger partial charge in [0.05, 0.1) is 0 Å². The molecule has 0 spiro atoms. The van der Waals surface area contributed by atoms with E-state index in [1.807, 2.05) is 36.4 Å². The topological polar surface area (TPSA) is 80.9 Å². The van der Waals surface area contributed by atoms with Crippen LogP contribution < -0.4 is 11.1 Å². The van der Waals surface area contributed by atoms with Crippen LogP contribution in [0.3, 0.4) is 0 Å². The number of carbonyl (C=O) groups is 1. The van der Waals surface area contributed by atoms with E-state index in [1.54, 1.807) is 18.2 Å². The first kappa shape index (κ1) is 13.3. The van der Waals surface area contributed by atoms with Crippen molar-refractivity contribution in [3.05, 3.63) is 60.2 Å². The molecule has 0 radical (unpaired) electrons. The number of rotatable bonds is 3. The van der Waals surface area contributed by atoms with Crippen molar-refractivity contribution in [3.63, 3.8) is 0 Å². The Hall–Kier alpha value is -2.73. The van der Waals surface area contributed by atoms with Crippen molar-refractivity contribution in [2.75, 3.05) is 11.1 Å². The number of carbonyl (C=O) groups excluding carboxylic acids is 1. The summed E-state index contributed by atoms with van der Waals surface area (Å²) in [5, 5.41) is 11.9. The zero-order chi connectivity index (χ0) is 14.7. The van der Waals surface area contributed by atoms with Gasteiger partial charge in [0.15, 0.2) is 5.01 Å². The van der Waals surface area contributed by atoms with Gasteiger partial charge in [-0.1, -0.05) is 41.7 Å². The van der Waals surface area contributed by atoms with Crippen molar-refractivity contribution in [3.8, 4) is 10.6 Å². The van der Waals surface area contributed by atoms with Crippen molar-refractivity contribution in [1.82, 2.24) is 10.2 Å². The Morgan fingerprint density at radius 1 is 1.00 bits per heavy atom. The summed E-state index contributed by atoms with van der Waals surface area (Å²) in [7, 11) is 0. The molecule has 5 nitrogen and oxygen atoms in total. The van der Waals surface area contributed by atoms with Gasteiger partial charge in [-0.2, -0.15) is 0 Å². The van der Waals surface area contributed by atoms with Crippen molar-refractivity contribution < 1.29 is 4.79 Å². The first-order valence-corrected chi connectivity index (χ1v) is 7.10. The van der Waals surface area contributed by atoms with Crippen molar-refractivity contribution >= 4 is 28.1 Å². The highest BCUT2D eigenvalue weighted by atomic mass is 32.1. The van der Waals surface area contributed by atoms with Crippen molar-refractivity contribution in [2.45, 2.75) is 0 Å². The molecule has 6 heteroatoms. The van der Waals surface area contributed by atoms with Gasteiger partial charge < -0.3 is 5.73 Å². The van der Waals surface area contributed by atoms with E-state index >= 15 is 0 Å². The lowest BCUT2D eigenvalue weighted by atomic mass is 10.2. The van der Waals surface area contributed by atoms with Gasteiger partial charge in [-0.25, -0.2) is 0 Å². The second-order valence-electron chi connectivity index (χ2n) is 4.32. The zero-order valence-electron chi connectivity index (χ0n) is 11.0. The fourth-order valence-electron chi connectivity index (χ4n) is 1.83. The predicted molar refractivity (Wildman–Crippen MR) is 84.2 cm³/mol. The number of nitrogen functional groups attached to an aromatic ring is 1. The van der Waals surface area contributed by atoms with Crippen LogP contribution in [0.1, 0.15) is 10.4 Å². The Labute approximate surface area is 125 Å². The first-order chi connectivity index (χ1) is 10.2. The number of nitrogens with one attached hydrogen (secondary N) is 1. The Bertz CT molecular complexity index is 770. The molecule has 3 rings (SSSR count). The molecule has 3 N–H and O–H groups in total. The molecule has 0 saturated heterocycles. The molecule has 1 amide bonds. The molecule has 1 aromatic heterocycles. The number of aromatic nitrogens is 2. The van der Waals surface area contributed by atoms with Crippen LogP contribution in [0.2, 0.25) is 0 Å². The number of benzene rings is 2. The zero-order valence-corrected chi connectivity index (χ0v) is 11.8. The minimum Gasteiger partial charge on any atom is -0.398 e. The van der Waals surface area contributed by atoms with E-state index in [1.165, 1.54) is 11.3 Å². The van der Waals surface area contributed by atoms with Crippen LogP contribution in [-0.4, -0.2) is 16.1 Å². The minimum absolute atomic E-state index is 0.209. The summed E-state index contributed by atoms with van der Waals surface area (Å²) >= 11 is 1.29. The molecule has 2 aromatic carbocycles. The summed E-state index contributed by atoms with van der Waals surface area (Å²) in [4.78, 5) is 12.0. The third-order valence-corrected chi connectivity index (χ3v) is 3.74. The van der Waals surface area contributed by atoms with Gasteiger partial charge in [0, 0.05) is 16.8 Å². The summed E-state index contributed by atoms with van der Waals surface area (Å²) in [5.74, 6) is -0.209. The highest BCUT2D eigenvalue weighted by Gasteiger charge is 2.12. The van der Waals surface area contributed by atoms with E-state index in [0.29, 0.717) is 21.4 Å². The Balaban J connectivity index is 1.80. The quantitative estimate of drug-likeness (QED) is 0.728. The first-order valence-electron chi connectivity index (χ1n) is 6.29. The SMILES string of the molecule is Nc1ccccc1-c1nnc(NC(=O)c2ccccc2)s1. The average molecular weight is 296 g/mol. The molecule has 1 heterocycles. The molecule has 0 bridgehead atoms. The molecule has 0 atom stereocenters. The number of nitrogens with zero attached hydrogens (tertiary/aromatic N) is 2. The molecule has 0 saturated carbocycles. The maximum Gasteiger partial charge on any atom is 0.257 e. The van der Waals surface area contributed by atoms with Crippen LogP contribution in [0.5, 0.6) is 0 Å². The molecule has 104 valence electrons. The van der Waals surface area contributed by atoms with Gasteiger partial charge >= 0.3 is 0 Å². The average Bonchev–Trinajstić information content (AvgIpc) is 2.97. The maximum atomic E-state index is 12.0. The molecule has 0 unspecified atom stereocenters. The minimum atomic E-state index is -0.209. The third kappa shape index (κ3) is 2.90. The Kier molecular flexibility index (Phi) is 3.61. The van der Waals surface area contributed by atoms with Gasteiger partial charge in [0.25, 0.3) is 5.91 Å². The summed E-state index contributed by atoms with van der Waals surface area (Å²) in [6.45, 7) is 0. The van der Waals surface area contributed by atoms with E-state index in [9.17, 15) is 4.79 Å². The molecule has 0 aliphatic heterocycles. The van der Waals surface area contributed by atoms with Crippen LogP contribution >= 0.6 is 11.3 Å². The molecule has 0 aliphatic rings. The fourth-order valence-corrected chi connectivity index (χ4v) is 2.62. The highest BCUT2D eigenvalue weighted by Crippen LogP contribution is 2.30. The van der Waals surface area contributed by atoms with Crippen LogP contribution in [0.15, 0.2) is 54.6 Å². The maximum absolute atomic E-state index is 12.0. The van der Waals surface area contributed by atoms with Gasteiger partial charge in [-0.05, 0) is 24.3 Å². The summed E-state index contributed by atoms with van der Waals surface area (Å²) in [6, 6.07) is 16.4. The molecule has 0 fully saturated rings. The monoisotopic (exact) mass is 296 g/mol. The van der Waals surface area contributed by atoms with E-state index in [2.05, 4.69) is 15.5 Å². The second-order valence-corrected chi connectivity index (χ2v) is 5.30. The van der Waals surface area contributed by atoms with Crippen LogP contribution in [-0.2, 0) is 0 Å². The van der Waals surface area contributed by atoms with E-state index in [-0.39, 0.29) is 5.91 Å². The van der Waals surface area contributed by atoms with E-state index in [4.69, 9.17) is 5.73 Å².